The molecule has 0 saturated carbocycles. The van der Waals surface area contributed by atoms with E-state index in [9.17, 15) is 9.59 Å². The lowest BCUT2D eigenvalue weighted by molar-refractivity contribution is 0.0990. The Balaban J connectivity index is 1.31. The molecule has 0 spiro atoms. The van der Waals surface area contributed by atoms with Crippen molar-refractivity contribution in [2.75, 3.05) is 4.90 Å². The number of hydrogen-bond donors (Lipinski definition) is 0. The second-order valence-corrected chi connectivity index (χ2v) is 15.6. The van der Waals surface area contributed by atoms with Gasteiger partial charge >= 0.3 is 0 Å². The van der Waals surface area contributed by atoms with Crippen molar-refractivity contribution >= 4 is 74.6 Å². The summed E-state index contributed by atoms with van der Waals surface area (Å²) in [5, 5.41) is 5.82. The number of carbonyl (C=O) groups is 2. The Labute approximate surface area is 220 Å². The van der Waals surface area contributed by atoms with Crippen LogP contribution >= 0.6 is 11.3 Å². The number of allylic oxidation sites excluding steroid dienone is 1. The van der Waals surface area contributed by atoms with E-state index in [0.717, 1.165) is 20.7 Å². The first-order valence-corrected chi connectivity index (χ1v) is 16.2. The van der Waals surface area contributed by atoms with Crippen LogP contribution in [0.4, 0.5) is 16.4 Å². The summed E-state index contributed by atoms with van der Waals surface area (Å²) in [6.07, 6.45) is 1.77. The number of nitrogens with zero attached hydrogens (tertiary/aromatic N) is 1. The highest BCUT2D eigenvalue weighted by molar-refractivity contribution is 7.17. The maximum absolute atomic E-state index is 13.3. The van der Waals surface area contributed by atoms with Gasteiger partial charge in [-0.3, -0.25) is 9.59 Å². The lowest BCUT2D eigenvalue weighted by Gasteiger charge is -2.40. The first kappa shape index (κ1) is 22.2. The van der Waals surface area contributed by atoms with Crippen LogP contribution in [0.25, 0.3) is 16.8 Å². The summed E-state index contributed by atoms with van der Waals surface area (Å²) in [7, 11) is -1.84. The molecule has 2 aliphatic rings. The van der Waals surface area contributed by atoms with Gasteiger partial charge in [0.1, 0.15) is 13.1 Å². The van der Waals surface area contributed by atoms with Crippen molar-refractivity contribution in [2.45, 2.75) is 13.1 Å². The monoisotopic (exact) mass is 513 g/mol. The van der Waals surface area contributed by atoms with Gasteiger partial charge in [-0.15, -0.1) is 11.3 Å². The number of ketones is 2. The molecule has 0 fully saturated rings. The van der Waals surface area contributed by atoms with Crippen molar-refractivity contribution in [2.24, 2.45) is 0 Å². The molecule has 0 atom stereocenters. The molecule has 0 bridgehead atoms. The first-order valence-electron chi connectivity index (χ1n) is 12.4. The van der Waals surface area contributed by atoms with Crippen LogP contribution in [-0.4, -0.2) is 19.6 Å². The molecule has 1 aliphatic heterocycles. The van der Waals surface area contributed by atoms with Crippen molar-refractivity contribution < 1.29 is 9.59 Å². The van der Waals surface area contributed by atoms with Crippen molar-refractivity contribution in [3.63, 3.8) is 0 Å². The Morgan fingerprint density at radius 1 is 0.676 bits per heavy atom. The SMILES string of the molecule is C[Si]1(C)c2ccccc2N(c2ccc(C=C3C(=O)c4cc5ccccc5cc4C3=O)s2)c2ccccc21. The Kier molecular flexibility index (Phi) is 4.77. The first-order chi connectivity index (χ1) is 17.9. The lowest BCUT2D eigenvalue weighted by Crippen LogP contribution is -2.58. The number of para-hydroxylation sites is 2. The number of anilines is 3. The highest BCUT2D eigenvalue weighted by Crippen LogP contribution is 2.42. The molecule has 0 amide bonds. The summed E-state index contributed by atoms with van der Waals surface area (Å²) in [5.74, 6) is -0.385. The molecule has 0 N–H and O–H groups in total. The van der Waals surface area contributed by atoms with Crippen molar-refractivity contribution in [3.8, 4) is 0 Å². The summed E-state index contributed by atoms with van der Waals surface area (Å²) < 4.78 is 0. The third-order valence-electron chi connectivity index (χ3n) is 7.62. The fourth-order valence-corrected chi connectivity index (χ4v) is 9.69. The van der Waals surface area contributed by atoms with E-state index in [1.165, 1.54) is 21.7 Å². The van der Waals surface area contributed by atoms with E-state index < -0.39 is 8.07 Å². The minimum atomic E-state index is -1.84. The molecule has 1 aliphatic carbocycles. The number of thiophene rings is 1. The average Bonchev–Trinajstić information content (AvgIpc) is 3.46. The number of carbonyl (C=O) groups excluding carboxylic acids is 2. The van der Waals surface area contributed by atoms with Crippen LogP contribution in [0.3, 0.4) is 0 Å². The molecule has 3 nitrogen and oxygen atoms in total. The van der Waals surface area contributed by atoms with Gasteiger partial charge in [0.25, 0.3) is 0 Å². The molecular weight excluding hydrogens is 491 g/mol. The molecule has 4 aromatic carbocycles. The third kappa shape index (κ3) is 3.24. The topological polar surface area (TPSA) is 37.4 Å². The summed E-state index contributed by atoms with van der Waals surface area (Å²) in [6.45, 7) is 4.81. The van der Waals surface area contributed by atoms with Gasteiger partial charge in [0.05, 0.1) is 5.57 Å². The highest BCUT2D eigenvalue weighted by atomic mass is 32.1. The average molecular weight is 514 g/mol. The number of Topliss-reactive ketones (excluding diaryl/α,β-unsaturated/α-hetero) is 2. The predicted octanol–water partition coefficient (Wildman–Crippen LogP) is 6.97. The molecule has 2 heterocycles. The van der Waals surface area contributed by atoms with Crippen LogP contribution in [0.15, 0.2) is 103 Å². The molecule has 1 aromatic heterocycles. The largest absolute Gasteiger partial charge is 0.302 e. The number of hydrogen-bond acceptors (Lipinski definition) is 4. The zero-order valence-corrected chi connectivity index (χ0v) is 22.3. The lowest BCUT2D eigenvalue weighted by atomic mass is 10.0. The Morgan fingerprint density at radius 3 is 1.76 bits per heavy atom. The molecule has 7 rings (SSSR count). The molecule has 37 heavy (non-hydrogen) atoms. The van der Waals surface area contributed by atoms with Crippen molar-refractivity contribution in [1.29, 1.82) is 0 Å². The Bertz CT molecular complexity index is 1710. The fourth-order valence-electron chi connectivity index (χ4n) is 5.73. The molecule has 0 saturated heterocycles. The van der Waals surface area contributed by atoms with E-state index in [2.05, 4.69) is 72.6 Å². The highest BCUT2D eigenvalue weighted by Gasteiger charge is 2.38. The number of rotatable bonds is 2. The van der Waals surface area contributed by atoms with Crippen LogP contribution in [0.1, 0.15) is 25.6 Å². The zero-order chi connectivity index (χ0) is 25.3. The molecule has 5 heteroatoms. The van der Waals surface area contributed by atoms with Crippen LogP contribution in [0, 0.1) is 0 Å². The third-order valence-corrected chi connectivity index (χ3v) is 12.2. The Morgan fingerprint density at radius 2 is 1.19 bits per heavy atom. The van der Waals surface area contributed by atoms with Crippen molar-refractivity contribution in [3.05, 3.63) is 119 Å². The second kappa shape index (κ2) is 7.97. The smallest absolute Gasteiger partial charge is 0.197 e. The van der Waals surface area contributed by atoms with E-state index in [1.807, 2.05) is 42.5 Å². The minimum Gasteiger partial charge on any atom is -0.302 e. The van der Waals surface area contributed by atoms with Gasteiger partial charge in [0, 0.05) is 27.4 Å². The molecular formula is C32H23NO2SSi. The molecule has 0 radical (unpaired) electrons. The van der Waals surface area contributed by atoms with Crippen LogP contribution < -0.4 is 15.3 Å². The number of benzene rings is 4. The predicted molar refractivity (Wildman–Crippen MR) is 156 cm³/mol. The minimum absolute atomic E-state index is 0.192. The number of fused-ring (bicyclic) bond motifs is 4. The molecule has 5 aromatic rings. The zero-order valence-electron chi connectivity index (χ0n) is 20.5. The van der Waals surface area contributed by atoms with Crippen molar-refractivity contribution in [1.82, 2.24) is 0 Å². The van der Waals surface area contributed by atoms with Crippen LogP contribution in [-0.2, 0) is 0 Å². The van der Waals surface area contributed by atoms with E-state index in [0.29, 0.717) is 11.1 Å². The van der Waals surface area contributed by atoms with Crippen LogP contribution in [0.2, 0.25) is 13.1 Å². The summed E-state index contributed by atoms with van der Waals surface area (Å²) in [6, 6.07) is 33.0. The van der Waals surface area contributed by atoms with E-state index >= 15 is 0 Å². The van der Waals surface area contributed by atoms with Gasteiger partial charge < -0.3 is 4.90 Å². The maximum atomic E-state index is 13.3. The quantitative estimate of drug-likeness (QED) is 0.145. The van der Waals surface area contributed by atoms with E-state index in [4.69, 9.17) is 0 Å². The van der Waals surface area contributed by atoms with Crippen LogP contribution in [0.5, 0.6) is 0 Å². The van der Waals surface area contributed by atoms with Gasteiger partial charge in [-0.25, -0.2) is 0 Å². The van der Waals surface area contributed by atoms with E-state index in [-0.39, 0.29) is 17.1 Å². The molecule has 178 valence electrons. The normalized spacial score (nSPS) is 15.5. The fraction of sp³-hybridized carbons (Fsp3) is 0.0625. The van der Waals surface area contributed by atoms with Gasteiger partial charge in [-0.05, 0) is 63.6 Å². The standard InChI is InChI=1S/C32H23NO2SSi/c1-37(2)28-13-7-5-11-26(28)33(27-12-6-8-14-29(27)37)30-16-15-22(36-30)19-25-31(34)23-17-20-9-3-4-10-21(20)18-24(23)32(25)35/h3-19H,1-2H3. The maximum Gasteiger partial charge on any atom is 0.197 e. The van der Waals surface area contributed by atoms with Gasteiger partial charge in [0.15, 0.2) is 11.6 Å². The summed E-state index contributed by atoms with van der Waals surface area (Å²) in [5.41, 5.74) is 3.67. The van der Waals surface area contributed by atoms with Gasteiger partial charge in [-0.2, -0.15) is 0 Å². The summed E-state index contributed by atoms with van der Waals surface area (Å²) >= 11 is 1.60. The van der Waals surface area contributed by atoms with Gasteiger partial charge in [0.2, 0.25) is 0 Å². The Hall–Kier alpha value is -4.06. The van der Waals surface area contributed by atoms with Gasteiger partial charge in [-0.1, -0.05) is 73.8 Å². The van der Waals surface area contributed by atoms with E-state index in [1.54, 1.807) is 17.4 Å². The molecule has 0 unspecified atom stereocenters. The summed E-state index contributed by atoms with van der Waals surface area (Å²) in [4.78, 5) is 29.8. The second-order valence-electron chi connectivity index (χ2n) is 10.1.